The fourth-order valence-corrected chi connectivity index (χ4v) is 3.57. The lowest BCUT2D eigenvalue weighted by Crippen LogP contribution is -1.98. The van der Waals surface area contributed by atoms with Gasteiger partial charge in [-0.25, -0.2) is 4.98 Å². The molecule has 2 heterocycles. The minimum atomic E-state index is 0.207. The summed E-state index contributed by atoms with van der Waals surface area (Å²) in [7, 11) is 0. The first-order chi connectivity index (χ1) is 12.5. The van der Waals surface area contributed by atoms with E-state index < -0.39 is 0 Å². The Morgan fingerprint density at radius 1 is 1.00 bits per heavy atom. The van der Waals surface area contributed by atoms with Gasteiger partial charge < -0.3 is 10.4 Å². The van der Waals surface area contributed by atoms with Crippen LogP contribution in [0, 0.1) is 13.8 Å². The Balaban J connectivity index is 1.94. The molecule has 0 saturated heterocycles. The van der Waals surface area contributed by atoms with Crippen molar-refractivity contribution in [3.63, 3.8) is 0 Å². The van der Waals surface area contributed by atoms with Gasteiger partial charge in [-0.1, -0.05) is 18.2 Å². The molecule has 2 N–H and O–H groups in total. The van der Waals surface area contributed by atoms with E-state index in [-0.39, 0.29) is 5.75 Å². The van der Waals surface area contributed by atoms with E-state index in [9.17, 15) is 5.11 Å². The van der Waals surface area contributed by atoms with E-state index in [4.69, 9.17) is 4.98 Å². The molecule has 0 unspecified atom stereocenters. The lowest BCUT2D eigenvalue weighted by atomic mass is 10.1. The number of rotatable bonds is 3. The molecule has 0 amide bonds. The number of anilines is 2. The van der Waals surface area contributed by atoms with Crippen LogP contribution >= 0.6 is 15.9 Å². The number of nitrogens with one attached hydrogen (secondary N) is 1. The molecule has 0 aliphatic rings. The van der Waals surface area contributed by atoms with Crippen molar-refractivity contribution in [3.05, 3.63) is 76.4 Å². The zero-order valence-corrected chi connectivity index (χ0v) is 16.1. The molecule has 0 fully saturated rings. The lowest BCUT2D eigenvalue weighted by molar-refractivity contribution is 0.477. The van der Waals surface area contributed by atoms with Gasteiger partial charge in [0.1, 0.15) is 22.9 Å². The number of nitrogens with zero attached hydrogens (tertiary/aromatic N) is 2. The second kappa shape index (κ2) is 6.50. The maximum atomic E-state index is 10.3. The number of hydrogen-bond donors (Lipinski definition) is 2. The smallest absolute Gasteiger partial charge is 0.143 e. The number of pyridine rings is 1. The normalized spacial score (nSPS) is 11.0. The molecule has 4 rings (SSSR count). The fraction of sp³-hybridized carbons (Fsp3) is 0.0952. The van der Waals surface area contributed by atoms with Gasteiger partial charge in [-0.15, -0.1) is 0 Å². The maximum absolute atomic E-state index is 10.3. The van der Waals surface area contributed by atoms with Gasteiger partial charge in [-0.3, -0.25) is 4.40 Å². The Morgan fingerprint density at radius 3 is 2.54 bits per heavy atom. The molecule has 0 aliphatic heterocycles. The van der Waals surface area contributed by atoms with Crippen LogP contribution in [-0.2, 0) is 0 Å². The Labute approximate surface area is 160 Å². The van der Waals surface area contributed by atoms with Crippen molar-refractivity contribution < 1.29 is 5.11 Å². The van der Waals surface area contributed by atoms with E-state index in [2.05, 4.69) is 40.3 Å². The molecule has 4 nitrogen and oxygen atoms in total. The first kappa shape index (κ1) is 16.7. The van der Waals surface area contributed by atoms with Gasteiger partial charge in [0.15, 0.2) is 0 Å². The topological polar surface area (TPSA) is 49.6 Å². The zero-order chi connectivity index (χ0) is 18.3. The van der Waals surface area contributed by atoms with Gasteiger partial charge >= 0.3 is 0 Å². The summed E-state index contributed by atoms with van der Waals surface area (Å²) >= 11 is 3.62. The predicted octanol–water partition coefficient (Wildman–Crippen LogP) is 5.83. The SMILES string of the molecule is Cc1ccc(Nc2c(-c3ccccc3O)nc3cc(C)ccn23)c(Br)c1. The van der Waals surface area contributed by atoms with E-state index in [0.29, 0.717) is 11.3 Å². The highest BCUT2D eigenvalue weighted by atomic mass is 79.9. The highest BCUT2D eigenvalue weighted by molar-refractivity contribution is 9.10. The second-order valence-electron chi connectivity index (χ2n) is 6.37. The summed E-state index contributed by atoms with van der Waals surface area (Å²) in [6.07, 6.45) is 1.99. The highest BCUT2D eigenvalue weighted by Gasteiger charge is 2.17. The molecule has 0 spiro atoms. The average Bonchev–Trinajstić information content (AvgIpc) is 2.95. The third-order valence-electron chi connectivity index (χ3n) is 4.32. The summed E-state index contributed by atoms with van der Waals surface area (Å²) in [5.41, 5.74) is 5.48. The lowest BCUT2D eigenvalue weighted by Gasteiger charge is -2.12. The van der Waals surface area contributed by atoms with Crippen LogP contribution in [0.1, 0.15) is 11.1 Å². The molecule has 0 saturated carbocycles. The van der Waals surface area contributed by atoms with Gasteiger partial charge in [0, 0.05) is 16.2 Å². The van der Waals surface area contributed by atoms with Crippen molar-refractivity contribution in [1.82, 2.24) is 9.38 Å². The number of aromatic hydroxyl groups is 1. The predicted molar refractivity (Wildman–Crippen MR) is 109 cm³/mol. The minimum absolute atomic E-state index is 0.207. The number of aryl methyl sites for hydroxylation is 2. The number of hydrogen-bond acceptors (Lipinski definition) is 3. The van der Waals surface area contributed by atoms with E-state index >= 15 is 0 Å². The molecular formula is C21H18BrN3O. The van der Waals surface area contributed by atoms with Crippen molar-refractivity contribution >= 4 is 33.1 Å². The van der Waals surface area contributed by atoms with Crippen LogP contribution in [0.4, 0.5) is 11.5 Å². The highest BCUT2D eigenvalue weighted by Crippen LogP contribution is 2.37. The molecule has 0 bridgehead atoms. The second-order valence-corrected chi connectivity index (χ2v) is 7.22. The van der Waals surface area contributed by atoms with Crippen LogP contribution in [0.25, 0.3) is 16.9 Å². The van der Waals surface area contributed by atoms with Crippen LogP contribution < -0.4 is 5.32 Å². The Hall–Kier alpha value is -2.79. The number of aromatic nitrogens is 2. The number of fused-ring (bicyclic) bond motifs is 1. The van der Waals surface area contributed by atoms with E-state index in [1.165, 1.54) is 5.56 Å². The molecular weight excluding hydrogens is 390 g/mol. The molecule has 0 aliphatic carbocycles. The van der Waals surface area contributed by atoms with Gasteiger partial charge in [0.2, 0.25) is 0 Å². The van der Waals surface area contributed by atoms with Crippen LogP contribution in [0.2, 0.25) is 0 Å². The largest absolute Gasteiger partial charge is 0.507 e. The minimum Gasteiger partial charge on any atom is -0.507 e. The van der Waals surface area contributed by atoms with Gasteiger partial charge in [0.05, 0.1) is 5.69 Å². The molecule has 0 atom stereocenters. The number of para-hydroxylation sites is 1. The number of phenolic OH excluding ortho intramolecular Hbond substituents is 1. The molecule has 2 aromatic heterocycles. The Bertz CT molecular complexity index is 1120. The Kier molecular flexibility index (Phi) is 4.17. The third kappa shape index (κ3) is 2.95. The summed E-state index contributed by atoms with van der Waals surface area (Å²) in [6.45, 7) is 4.09. The van der Waals surface area contributed by atoms with Crippen LogP contribution in [0.3, 0.4) is 0 Å². The number of halogens is 1. The standard InChI is InChI=1S/C21H18BrN3O/c1-13-7-8-17(16(22)11-13)23-21-20(15-5-3-4-6-18(15)26)24-19-12-14(2)9-10-25(19)21/h3-12,23,26H,1-2H3. The van der Waals surface area contributed by atoms with Gasteiger partial charge in [-0.2, -0.15) is 0 Å². The first-order valence-electron chi connectivity index (χ1n) is 8.33. The number of benzene rings is 2. The molecule has 5 heteroatoms. The molecule has 26 heavy (non-hydrogen) atoms. The fourth-order valence-electron chi connectivity index (χ4n) is 2.98. The quantitative estimate of drug-likeness (QED) is 0.449. The van der Waals surface area contributed by atoms with Crippen molar-refractivity contribution in [2.45, 2.75) is 13.8 Å². The van der Waals surface area contributed by atoms with E-state index in [0.717, 1.165) is 27.2 Å². The maximum Gasteiger partial charge on any atom is 0.143 e. The summed E-state index contributed by atoms with van der Waals surface area (Å²) in [5, 5.41) is 13.8. The van der Waals surface area contributed by atoms with E-state index in [1.54, 1.807) is 6.07 Å². The summed E-state index contributed by atoms with van der Waals surface area (Å²) in [4.78, 5) is 4.77. The summed E-state index contributed by atoms with van der Waals surface area (Å²) in [6, 6.07) is 17.5. The van der Waals surface area contributed by atoms with Crippen molar-refractivity contribution in [1.29, 1.82) is 0 Å². The number of phenols is 1. The van der Waals surface area contributed by atoms with Gasteiger partial charge in [0.25, 0.3) is 0 Å². The zero-order valence-electron chi connectivity index (χ0n) is 14.5. The van der Waals surface area contributed by atoms with Crippen LogP contribution in [-0.4, -0.2) is 14.5 Å². The van der Waals surface area contributed by atoms with Crippen molar-refractivity contribution in [3.8, 4) is 17.0 Å². The molecule has 4 aromatic rings. The van der Waals surface area contributed by atoms with Crippen molar-refractivity contribution in [2.75, 3.05) is 5.32 Å². The van der Waals surface area contributed by atoms with Crippen molar-refractivity contribution in [2.24, 2.45) is 0 Å². The Morgan fingerprint density at radius 2 is 1.77 bits per heavy atom. The van der Waals surface area contributed by atoms with Crippen LogP contribution in [0.15, 0.2) is 65.3 Å². The molecule has 130 valence electrons. The third-order valence-corrected chi connectivity index (χ3v) is 4.97. The molecule has 0 radical (unpaired) electrons. The summed E-state index contributed by atoms with van der Waals surface area (Å²) < 4.78 is 2.98. The average molecular weight is 408 g/mol. The molecule has 2 aromatic carbocycles. The first-order valence-corrected chi connectivity index (χ1v) is 9.12. The van der Waals surface area contributed by atoms with E-state index in [1.807, 2.05) is 53.9 Å². The monoisotopic (exact) mass is 407 g/mol. The number of imidazole rings is 1. The summed E-state index contributed by atoms with van der Waals surface area (Å²) in [5.74, 6) is 1.02. The van der Waals surface area contributed by atoms with Crippen LogP contribution in [0.5, 0.6) is 5.75 Å². The van der Waals surface area contributed by atoms with Gasteiger partial charge in [-0.05, 0) is 77.3 Å².